The Morgan fingerprint density at radius 3 is 2.09 bits per heavy atom. The van der Waals surface area contributed by atoms with Crippen molar-refractivity contribution in [2.75, 3.05) is 26.1 Å². The first-order valence-corrected chi connectivity index (χ1v) is 17.2. The van der Waals surface area contributed by atoms with E-state index in [9.17, 15) is 0 Å². The van der Waals surface area contributed by atoms with Crippen LogP contribution in [0.1, 0.15) is 85.9 Å². The summed E-state index contributed by atoms with van der Waals surface area (Å²) in [6.07, 6.45) is 13.6. The van der Waals surface area contributed by atoms with Crippen molar-refractivity contribution in [2.24, 2.45) is 10.8 Å². The molecule has 1 aliphatic heterocycles. The van der Waals surface area contributed by atoms with Crippen LogP contribution in [0.15, 0.2) is 91.0 Å². The normalized spacial score (nSPS) is 23.8. The van der Waals surface area contributed by atoms with Gasteiger partial charge in [0, 0.05) is 61.0 Å². The van der Waals surface area contributed by atoms with E-state index in [4.69, 9.17) is 9.47 Å². The van der Waals surface area contributed by atoms with Crippen LogP contribution in [-0.2, 0) is 22.2 Å². The summed E-state index contributed by atoms with van der Waals surface area (Å²) in [7, 11) is 5.99. The first-order chi connectivity index (χ1) is 22.5. The Kier molecular flexibility index (Phi) is 6.74. The van der Waals surface area contributed by atoms with Crippen molar-refractivity contribution in [2.45, 2.75) is 70.5 Å². The third-order valence-electron chi connectivity index (χ3n) is 11.3. The Morgan fingerprint density at radius 2 is 1.40 bits per heavy atom. The number of ether oxygens (including phenoxy) is 2. The van der Waals surface area contributed by atoms with Gasteiger partial charge in [0.1, 0.15) is 5.75 Å². The van der Waals surface area contributed by atoms with Crippen LogP contribution in [0.2, 0.25) is 0 Å². The molecule has 3 nitrogen and oxygen atoms in total. The number of hydrogen-bond acceptors (Lipinski definition) is 3. The van der Waals surface area contributed by atoms with Gasteiger partial charge in [0.2, 0.25) is 0 Å². The molecule has 2 atom stereocenters. The summed E-state index contributed by atoms with van der Waals surface area (Å²) >= 11 is 0. The molecule has 3 aliphatic carbocycles. The molecule has 0 amide bonds. The first kappa shape index (κ1) is 30.3. The molecule has 240 valence electrons. The second-order valence-corrected chi connectivity index (χ2v) is 16.2. The van der Waals surface area contributed by atoms with E-state index in [0.717, 1.165) is 36.1 Å². The lowest BCUT2D eigenvalue weighted by Crippen LogP contribution is -2.44. The maximum absolute atomic E-state index is 7.66. The second-order valence-electron chi connectivity index (χ2n) is 16.2. The molecule has 0 bridgehead atoms. The third-order valence-corrected chi connectivity index (χ3v) is 11.3. The van der Waals surface area contributed by atoms with Crippen LogP contribution in [0.3, 0.4) is 0 Å². The predicted octanol–water partition coefficient (Wildman–Crippen LogP) is 10.2. The molecule has 0 N–H and O–H groups in total. The van der Waals surface area contributed by atoms with Crippen LogP contribution in [-0.4, -0.2) is 27.3 Å². The molecule has 3 heteroatoms. The summed E-state index contributed by atoms with van der Waals surface area (Å²) in [4.78, 5) is 2.15. The summed E-state index contributed by atoms with van der Waals surface area (Å²) in [6.45, 7) is 9.92. The molecule has 4 aromatic rings. The molecule has 4 aliphatic rings. The van der Waals surface area contributed by atoms with Crippen LogP contribution in [0.5, 0.6) is 5.75 Å². The highest BCUT2D eigenvalue weighted by Gasteiger charge is 2.56. The summed E-state index contributed by atoms with van der Waals surface area (Å²) in [5.74, 6) is 1.02. The Bertz CT molecular complexity index is 1910. The van der Waals surface area contributed by atoms with Gasteiger partial charge in [-0.05, 0) is 76.1 Å². The van der Waals surface area contributed by atoms with Crippen LogP contribution < -0.4 is 9.64 Å². The molecular weight excluding hydrogens is 574 g/mol. The minimum absolute atomic E-state index is 0.00260. The number of anilines is 1. The summed E-state index contributed by atoms with van der Waals surface area (Å²) < 4.78 is 13.6. The maximum atomic E-state index is 7.66. The van der Waals surface area contributed by atoms with Gasteiger partial charge in [-0.15, -0.1) is 0 Å². The quantitative estimate of drug-likeness (QED) is 0.226. The summed E-state index contributed by atoms with van der Waals surface area (Å²) in [5.41, 5.74) is 12.5. The summed E-state index contributed by atoms with van der Waals surface area (Å²) in [6, 6.07) is 28.9. The lowest BCUT2D eigenvalue weighted by atomic mass is 9.52. The molecule has 47 heavy (non-hydrogen) atoms. The fourth-order valence-electron chi connectivity index (χ4n) is 10.2. The molecule has 1 saturated carbocycles. The number of fused-ring (bicyclic) bond motifs is 10. The van der Waals surface area contributed by atoms with Gasteiger partial charge in [-0.25, -0.2) is 0 Å². The molecular formula is C44H47NO2. The lowest BCUT2D eigenvalue weighted by Gasteiger charge is -2.52. The van der Waals surface area contributed by atoms with Crippen molar-refractivity contribution in [3.05, 3.63) is 130 Å². The van der Waals surface area contributed by atoms with Gasteiger partial charge in [-0.3, -0.25) is 0 Å². The van der Waals surface area contributed by atoms with E-state index < -0.39 is 5.60 Å². The molecule has 4 aromatic carbocycles. The number of methoxy groups -OCH3 is 1. The van der Waals surface area contributed by atoms with Crippen molar-refractivity contribution in [1.82, 2.24) is 0 Å². The standard InChI is InChI=1S/C44H47NO2/c1-41(2)26-42(3,4)28-43(27-41)37-16-12-11-15-34(37)38-33-22-21-32(46-7)25-36(33)40-35(39(38)43)23-24-44(47-40,29-13-9-8-10-14-29)30-17-19-31(20-18-30)45(5)6/h8-24,32H,25-28H2,1-7H3. The molecule has 0 radical (unpaired) electrons. The molecule has 1 heterocycles. The van der Waals surface area contributed by atoms with Crippen molar-refractivity contribution in [3.63, 3.8) is 0 Å². The largest absolute Gasteiger partial charge is 0.473 e. The van der Waals surface area contributed by atoms with Crippen molar-refractivity contribution >= 4 is 17.8 Å². The zero-order chi connectivity index (χ0) is 32.8. The molecule has 1 spiro atoms. The van der Waals surface area contributed by atoms with Crippen molar-refractivity contribution < 1.29 is 9.47 Å². The Balaban J connectivity index is 1.44. The monoisotopic (exact) mass is 621 g/mol. The van der Waals surface area contributed by atoms with E-state index in [-0.39, 0.29) is 22.3 Å². The minimum atomic E-state index is -0.769. The van der Waals surface area contributed by atoms with Crippen LogP contribution in [0, 0.1) is 10.8 Å². The highest BCUT2D eigenvalue weighted by Crippen LogP contribution is 2.66. The molecule has 8 rings (SSSR count). The van der Waals surface area contributed by atoms with Gasteiger partial charge in [-0.1, -0.05) is 113 Å². The number of benzene rings is 4. The minimum Gasteiger partial charge on any atom is -0.473 e. The Labute approximate surface area is 280 Å². The predicted molar refractivity (Wildman–Crippen MR) is 195 cm³/mol. The summed E-state index contributed by atoms with van der Waals surface area (Å²) in [5, 5.41) is 0. The maximum Gasteiger partial charge on any atom is 0.178 e. The van der Waals surface area contributed by atoms with Crippen LogP contribution >= 0.6 is 0 Å². The number of hydrogen-bond donors (Lipinski definition) is 0. The lowest BCUT2D eigenvalue weighted by molar-refractivity contribution is 0.0640. The third kappa shape index (κ3) is 4.57. The average Bonchev–Trinajstić information content (AvgIpc) is 3.32. The number of nitrogens with zero attached hydrogens (tertiary/aromatic N) is 1. The SMILES string of the molecule is COC1C=Cc2c(c3c(c4c2-c2ccccc2C42CC(C)(C)CC(C)(C)C2)C=CC(c2ccccc2)(c2ccc(N(C)C)cc2)O3)C1. The van der Waals surface area contributed by atoms with E-state index in [0.29, 0.717) is 0 Å². The smallest absolute Gasteiger partial charge is 0.178 e. The van der Waals surface area contributed by atoms with E-state index >= 15 is 0 Å². The molecule has 2 unspecified atom stereocenters. The highest BCUT2D eigenvalue weighted by atomic mass is 16.5. The average molecular weight is 622 g/mol. The Morgan fingerprint density at radius 1 is 0.745 bits per heavy atom. The van der Waals surface area contributed by atoms with Gasteiger partial charge in [-0.2, -0.15) is 0 Å². The molecule has 0 saturated heterocycles. The molecule has 0 aromatic heterocycles. The van der Waals surface area contributed by atoms with Crippen LogP contribution in [0.25, 0.3) is 23.3 Å². The second kappa shape index (κ2) is 10.5. The number of rotatable bonds is 4. The highest BCUT2D eigenvalue weighted by molar-refractivity contribution is 5.95. The zero-order valence-corrected chi connectivity index (χ0v) is 29.0. The topological polar surface area (TPSA) is 21.7 Å². The van der Waals surface area contributed by atoms with Crippen molar-refractivity contribution in [1.29, 1.82) is 0 Å². The fourth-order valence-corrected chi connectivity index (χ4v) is 10.2. The zero-order valence-electron chi connectivity index (χ0n) is 29.0. The van der Waals surface area contributed by atoms with Crippen molar-refractivity contribution in [3.8, 4) is 16.9 Å². The van der Waals surface area contributed by atoms with Gasteiger partial charge in [0.25, 0.3) is 0 Å². The fraction of sp³-hybridized carbons (Fsp3) is 0.364. The van der Waals surface area contributed by atoms with Gasteiger partial charge >= 0.3 is 0 Å². The molecule has 1 fully saturated rings. The van der Waals surface area contributed by atoms with Gasteiger partial charge in [0.15, 0.2) is 5.60 Å². The van der Waals surface area contributed by atoms with E-state index in [1.54, 1.807) is 0 Å². The van der Waals surface area contributed by atoms with Crippen LogP contribution in [0.4, 0.5) is 5.69 Å². The van der Waals surface area contributed by atoms with Gasteiger partial charge < -0.3 is 14.4 Å². The van der Waals surface area contributed by atoms with Gasteiger partial charge in [0.05, 0.1) is 6.10 Å². The van der Waals surface area contributed by atoms with E-state index in [1.165, 1.54) is 51.1 Å². The van der Waals surface area contributed by atoms with E-state index in [2.05, 4.69) is 150 Å². The Hall–Kier alpha value is -4.08. The van der Waals surface area contributed by atoms with E-state index in [1.807, 2.05) is 7.11 Å². The first-order valence-electron chi connectivity index (χ1n) is 17.2.